The summed E-state index contributed by atoms with van der Waals surface area (Å²) in [5.41, 5.74) is 3.54. The van der Waals surface area contributed by atoms with Crippen molar-refractivity contribution >= 4 is 33.9 Å². The second-order valence-electron chi connectivity index (χ2n) is 8.31. The quantitative estimate of drug-likeness (QED) is 0.382. The highest BCUT2D eigenvalue weighted by Crippen LogP contribution is 2.30. The molecular formula is C26H23N3O5S. The summed E-state index contributed by atoms with van der Waals surface area (Å²) in [5, 5.41) is 11.2. The van der Waals surface area contributed by atoms with Crippen molar-refractivity contribution in [2.24, 2.45) is 7.05 Å². The number of nitrogens with zero attached hydrogens (tertiary/aromatic N) is 2. The topological polar surface area (TPSA) is 103 Å². The van der Waals surface area contributed by atoms with Crippen molar-refractivity contribution in [2.45, 2.75) is 25.2 Å². The van der Waals surface area contributed by atoms with Crippen LogP contribution < -0.4 is 14.8 Å². The summed E-state index contributed by atoms with van der Waals surface area (Å²) in [5.74, 6) is 2.76. The van der Waals surface area contributed by atoms with Gasteiger partial charge in [-0.3, -0.25) is 14.9 Å². The van der Waals surface area contributed by atoms with Crippen molar-refractivity contribution in [1.82, 2.24) is 14.9 Å². The van der Waals surface area contributed by atoms with Crippen LogP contribution in [0, 0.1) is 6.92 Å². The first kappa shape index (κ1) is 22.8. The van der Waals surface area contributed by atoms with E-state index in [0.29, 0.717) is 23.7 Å². The number of fused-ring (bicyclic) bond motifs is 1. The van der Waals surface area contributed by atoms with Crippen LogP contribution in [0.25, 0.3) is 11.0 Å². The first-order chi connectivity index (χ1) is 16.9. The molecule has 3 aromatic carbocycles. The lowest BCUT2D eigenvalue weighted by Gasteiger charge is -2.10. The maximum atomic E-state index is 11.8. The molecule has 178 valence electrons. The Hall–Kier alpha value is -3.98. The van der Waals surface area contributed by atoms with E-state index in [2.05, 4.69) is 10.3 Å². The number of amides is 2. The van der Waals surface area contributed by atoms with Gasteiger partial charge in [0.05, 0.1) is 16.3 Å². The molecule has 8 nitrogen and oxygen atoms in total. The van der Waals surface area contributed by atoms with Gasteiger partial charge >= 0.3 is 0 Å². The Balaban J connectivity index is 1.25. The zero-order valence-corrected chi connectivity index (χ0v) is 20.0. The minimum Gasteiger partial charge on any atom is -0.508 e. The lowest BCUT2D eigenvalue weighted by atomic mass is 10.1. The van der Waals surface area contributed by atoms with Crippen molar-refractivity contribution in [3.05, 3.63) is 77.6 Å². The van der Waals surface area contributed by atoms with Crippen LogP contribution in [-0.2, 0) is 24.9 Å². The maximum absolute atomic E-state index is 11.8. The van der Waals surface area contributed by atoms with E-state index in [1.165, 1.54) is 0 Å². The molecule has 0 saturated carbocycles. The van der Waals surface area contributed by atoms with Crippen LogP contribution in [0.1, 0.15) is 17.0 Å². The van der Waals surface area contributed by atoms with E-state index < -0.39 is 0 Å². The highest BCUT2D eigenvalue weighted by molar-refractivity contribution is 8.15. The predicted octanol–water partition coefficient (Wildman–Crippen LogP) is 4.85. The van der Waals surface area contributed by atoms with Crippen LogP contribution >= 0.6 is 11.8 Å². The molecule has 1 atom stereocenters. The number of nitrogens with one attached hydrogen (secondary N) is 1. The number of aryl methyl sites for hydroxylation is 2. The number of hydrogen-bond donors (Lipinski definition) is 2. The average Bonchev–Trinajstić information content (AvgIpc) is 3.32. The zero-order valence-electron chi connectivity index (χ0n) is 19.1. The predicted molar refractivity (Wildman–Crippen MR) is 133 cm³/mol. The highest BCUT2D eigenvalue weighted by Gasteiger charge is 2.31. The Morgan fingerprint density at radius 3 is 2.54 bits per heavy atom. The van der Waals surface area contributed by atoms with Gasteiger partial charge in [-0.05, 0) is 66.9 Å². The maximum Gasteiger partial charge on any atom is 0.286 e. The number of thioether (sulfide) groups is 1. The van der Waals surface area contributed by atoms with E-state index in [0.717, 1.165) is 39.7 Å². The molecule has 1 aliphatic heterocycles. The Morgan fingerprint density at radius 2 is 1.83 bits per heavy atom. The summed E-state index contributed by atoms with van der Waals surface area (Å²) in [4.78, 5) is 27.8. The normalized spacial score (nSPS) is 15.4. The minimum atomic E-state index is -0.388. The first-order valence-corrected chi connectivity index (χ1v) is 11.9. The van der Waals surface area contributed by atoms with E-state index in [1.54, 1.807) is 18.2 Å². The van der Waals surface area contributed by atoms with Crippen LogP contribution in [0.5, 0.6) is 23.0 Å². The Labute approximate surface area is 205 Å². The van der Waals surface area contributed by atoms with Crippen LogP contribution in [0.4, 0.5) is 4.79 Å². The minimum absolute atomic E-state index is 0.202. The van der Waals surface area contributed by atoms with Gasteiger partial charge < -0.3 is 19.1 Å². The van der Waals surface area contributed by atoms with Gasteiger partial charge in [-0.2, -0.15) is 0 Å². The lowest BCUT2D eigenvalue weighted by Crippen LogP contribution is -2.25. The highest BCUT2D eigenvalue weighted by atomic mass is 32.2. The molecule has 35 heavy (non-hydrogen) atoms. The van der Waals surface area contributed by atoms with E-state index in [1.807, 2.05) is 61.0 Å². The molecule has 2 N–H and O–H groups in total. The number of phenolic OH excluding ortho intramolecular Hbond substituents is 1. The van der Waals surface area contributed by atoms with Crippen LogP contribution in [0.3, 0.4) is 0 Å². The Kier molecular flexibility index (Phi) is 6.08. The van der Waals surface area contributed by atoms with Crippen molar-refractivity contribution in [3.8, 4) is 23.0 Å². The summed E-state index contributed by atoms with van der Waals surface area (Å²) < 4.78 is 13.9. The van der Waals surface area contributed by atoms with Gasteiger partial charge in [-0.1, -0.05) is 23.9 Å². The number of benzene rings is 3. The monoisotopic (exact) mass is 489 g/mol. The summed E-state index contributed by atoms with van der Waals surface area (Å²) in [6, 6.07) is 18.2. The van der Waals surface area contributed by atoms with Gasteiger partial charge in [-0.25, -0.2) is 4.98 Å². The van der Waals surface area contributed by atoms with Crippen LogP contribution in [-0.4, -0.2) is 31.1 Å². The molecule has 1 aliphatic rings. The summed E-state index contributed by atoms with van der Waals surface area (Å²) in [7, 11) is 1.93. The van der Waals surface area contributed by atoms with E-state index in [4.69, 9.17) is 9.47 Å². The molecule has 0 radical (unpaired) electrons. The summed E-state index contributed by atoms with van der Waals surface area (Å²) in [6.45, 7) is 2.16. The third-order valence-electron chi connectivity index (χ3n) is 5.81. The van der Waals surface area contributed by atoms with Gasteiger partial charge in [0.15, 0.2) is 0 Å². The number of rotatable bonds is 7. The molecule has 1 aromatic heterocycles. The largest absolute Gasteiger partial charge is 0.508 e. The standard InChI is InChI=1S/C26H23N3O5S/c1-15-11-17(30)5-10-22(15)34-19-8-9-20-21(13-19)29(2)24(27-20)14-33-18-6-3-16(4-7-18)12-23-25(31)28-26(32)35-23/h3-11,13,23,30H,12,14H2,1-2H3,(H,28,31,32). The molecule has 2 amide bonds. The molecule has 0 aliphatic carbocycles. The molecular weight excluding hydrogens is 466 g/mol. The molecule has 0 spiro atoms. The van der Waals surface area contributed by atoms with Gasteiger partial charge in [0, 0.05) is 13.1 Å². The smallest absolute Gasteiger partial charge is 0.286 e. The molecule has 9 heteroatoms. The SMILES string of the molecule is Cc1cc(O)ccc1Oc1ccc2nc(COc3ccc(CC4SC(=O)NC4=O)cc3)n(C)c2c1. The van der Waals surface area contributed by atoms with Gasteiger partial charge in [0.2, 0.25) is 5.91 Å². The summed E-state index contributed by atoms with van der Waals surface area (Å²) >= 11 is 1.03. The van der Waals surface area contributed by atoms with Crippen LogP contribution in [0.15, 0.2) is 60.7 Å². The molecule has 0 bridgehead atoms. The Bertz CT molecular complexity index is 1430. The molecule has 2 heterocycles. The second kappa shape index (κ2) is 9.34. The number of carbonyl (C=O) groups excluding carboxylic acids is 2. The van der Waals surface area contributed by atoms with Crippen molar-refractivity contribution in [3.63, 3.8) is 0 Å². The molecule has 1 saturated heterocycles. The fourth-order valence-corrected chi connectivity index (χ4v) is 4.76. The van der Waals surface area contributed by atoms with Gasteiger partial charge in [-0.15, -0.1) is 0 Å². The van der Waals surface area contributed by atoms with Gasteiger partial charge in [0.25, 0.3) is 5.24 Å². The fourth-order valence-electron chi connectivity index (χ4n) is 3.90. The number of carbonyl (C=O) groups is 2. The molecule has 4 aromatic rings. The number of ether oxygens (including phenoxy) is 2. The average molecular weight is 490 g/mol. The molecule has 5 rings (SSSR count). The first-order valence-electron chi connectivity index (χ1n) is 11.0. The molecule has 1 fully saturated rings. The summed E-state index contributed by atoms with van der Waals surface area (Å²) in [6.07, 6.45) is 0.487. The Morgan fingerprint density at radius 1 is 1.06 bits per heavy atom. The number of aromatic nitrogens is 2. The number of imidazole rings is 1. The number of hydrogen-bond acceptors (Lipinski definition) is 7. The van der Waals surface area contributed by atoms with E-state index in [9.17, 15) is 14.7 Å². The number of phenols is 1. The number of imide groups is 1. The zero-order chi connectivity index (χ0) is 24.5. The molecule has 1 unspecified atom stereocenters. The van der Waals surface area contributed by atoms with Crippen molar-refractivity contribution < 1.29 is 24.2 Å². The van der Waals surface area contributed by atoms with E-state index in [-0.39, 0.29) is 28.8 Å². The third kappa shape index (κ3) is 4.95. The fraction of sp³-hybridized carbons (Fsp3) is 0.192. The lowest BCUT2D eigenvalue weighted by molar-refractivity contribution is -0.118. The third-order valence-corrected chi connectivity index (χ3v) is 6.79. The second-order valence-corrected chi connectivity index (χ2v) is 9.48. The van der Waals surface area contributed by atoms with Crippen molar-refractivity contribution in [1.29, 1.82) is 0 Å². The number of aromatic hydroxyl groups is 1. The van der Waals surface area contributed by atoms with Crippen LogP contribution in [0.2, 0.25) is 0 Å². The van der Waals surface area contributed by atoms with E-state index >= 15 is 0 Å². The van der Waals surface area contributed by atoms with Gasteiger partial charge in [0.1, 0.15) is 35.4 Å². The van der Waals surface area contributed by atoms with Crippen molar-refractivity contribution in [2.75, 3.05) is 0 Å².